The first-order valence-corrected chi connectivity index (χ1v) is 8.90. The van der Waals surface area contributed by atoms with Crippen molar-refractivity contribution in [1.29, 1.82) is 0 Å². The number of carbonyl (C=O) groups is 2. The maximum absolute atomic E-state index is 13.1. The number of hydrogen-bond donors (Lipinski definition) is 1. The van der Waals surface area contributed by atoms with E-state index in [-0.39, 0.29) is 17.9 Å². The lowest BCUT2D eigenvalue weighted by Gasteiger charge is -2.35. The van der Waals surface area contributed by atoms with Crippen LogP contribution in [-0.4, -0.2) is 66.9 Å². The summed E-state index contributed by atoms with van der Waals surface area (Å²) in [6.45, 7) is 5.93. The lowest BCUT2D eigenvalue weighted by atomic mass is 9.97. The molecule has 1 N–H and O–H groups in total. The maximum atomic E-state index is 13.1. The summed E-state index contributed by atoms with van der Waals surface area (Å²) in [6, 6.07) is 7.13. The third-order valence-corrected chi connectivity index (χ3v) is 4.86. The Morgan fingerprint density at radius 1 is 1.28 bits per heavy atom. The third kappa shape index (κ3) is 4.51. The van der Waals surface area contributed by atoms with Crippen molar-refractivity contribution in [1.82, 2.24) is 14.7 Å². The van der Waals surface area contributed by atoms with E-state index in [4.69, 9.17) is 0 Å². The summed E-state index contributed by atoms with van der Waals surface area (Å²) in [5.41, 5.74) is 1.77. The Hall–Kier alpha value is -2.08. The SMILES string of the molecule is CCC(C)C1C(=O)Nc2ccccc2CN1C(=O)N(C)CCN(C)C. The maximum Gasteiger partial charge on any atom is 0.320 e. The fourth-order valence-electron chi connectivity index (χ4n) is 3.05. The molecule has 0 aliphatic carbocycles. The average molecular weight is 346 g/mol. The number of para-hydroxylation sites is 1. The lowest BCUT2D eigenvalue weighted by molar-refractivity contribution is -0.122. The topological polar surface area (TPSA) is 55.9 Å². The number of nitrogens with one attached hydrogen (secondary N) is 1. The summed E-state index contributed by atoms with van der Waals surface area (Å²) >= 11 is 0. The number of hydrogen-bond acceptors (Lipinski definition) is 3. The van der Waals surface area contributed by atoms with Crippen molar-refractivity contribution in [3.05, 3.63) is 29.8 Å². The number of carbonyl (C=O) groups excluding carboxylic acids is 2. The zero-order valence-corrected chi connectivity index (χ0v) is 16.0. The molecule has 0 saturated heterocycles. The molecule has 25 heavy (non-hydrogen) atoms. The molecule has 1 aromatic carbocycles. The van der Waals surface area contributed by atoms with Gasteiger partial charge in [0.2, 0.25) is 5.91 Å². The first-order valence-electron chi connectivity index (χ1n) is 8.90. The molecule has 138 valence electrons. The van der Waals surface area contributed by atoms with Gasteiger partial charge in [-0.15, -0.1) is 0 Å². The minimum Gasteiger partial charge on any atom is -0.326 e. The number of anilines is 1. The van der Waals surface area contributed by atoms with Crippen LogP contribution in [0.5, 0.6) is 0 Å². The standard InChI is InChI=1S/C19H30N4O2/c1-6-14(2)17-18(24)20-16-10-8-7-9-15(16)13-23(17)19(25)22(5)12-11-21(3)4/h7-10,14,17H,6,11-13H2,1-5H3,(H,20,24). The summed E-state index contributed by atoms with van der Waals surface area (Å²) in [4.78, 5) is 31.4. The Labute approximate surface area is 150 Å². The highest BCUT2D eigenvalue weighted by atomic mass is 16.2. The second-order valence-corrected chi connectivity index (χ2v) is 7.11. The summed E-state index contributed by atoms with van der Waals surface area (Å²) in [5, 5.41) is 3.00. The van der Waals surface area contributed by atoms with Gasteiger partial charge in [-0.1, -0.05) is 38.5 Å². The van der Waals surface area contributed by atoms with Crippen molar-refractivity contribution >= 4 is 17.6 Å². The normalized spacial score (nSPS) is 18.4. The van der Waals surface area contributed by atoms with Gasteiger partial charge < -0.3 is 20.0 Å². The third-order valence-electron chi connectivity index (χ3n) is 4.86. The summed E-state index contributed by atoms with van der Waals surface area (Å²) in [7, 11) is 5.76. The zero-order chi connectivity index (χ0) is 18.6. The van der Waals surface area contributed by atoms with Crippen LogP contribution in [0, 0.1) is 5.92 Å². The molecular formula is C19H30N4O2. The quantitative estimate of drug-likeness (QED) is 0.891. The van der Waals surface area contributed by atoms with Crippen LogP contribution in [-0.2, 0) is 11.3 Å². The van der Waals surface area contributed by atoms with E-state index in [2.05, 4.69) is 5.32 Å². The molecule has 1 aliphatic rings. The number of rotatable bonds is 5. The van der Waals surface area contributed by atoms with Crippen LogP contribution < -0.4 is 5.32 Å². The molecule has 6 heteroatoms. The molecule has 3 amide bonds. The van der Waals surface area contributed by atoms with Crippen LogP contribution in [0.1, 0.15) is 25.8 Å². The van der Waals surface area contributed by atoms with Crippen LogP contribution >= 0.6 is 0 Å². The van der Waals surface area contributed by atoms with Crippen molar-refractivity contribution in [3.63, 3.8) is 0 Å². The van der Waals surface area contributed by atoms with E-state index in [9.17, 15) is 9.59 Å². The smallest absolute Gasteiger partial charge is 0.320 e. The Morgan fingerprint density at radius 3 is 2.60 bits per heavy atom. The molecule has 0 bridgehead atoms. The van der Waals surface area contributed by atoms with E-state index in [1.165, 1.54) is 0 Å². The molecule has 1 heterocycles. The van der Waals surface area contributed by atoms with E-state index in [0.717, 1.165) is 24.2 Å². The largest absolute Gasteiger partial charge is 0.326 e. The van der Waals surface area contributed by atoms with Gasteiger partial charge in [0, 0.05) is 25.8 Å². The number of urea groups is 1. The van der Waals surface area contributed by atoms with Gasteiger partial charge in [-0.2, -0.15) is 0 Å². The van der Waals surface area contributed by atoms with E-state index < -0.39 is 6.04 Å². The molecule has 0 fully saturated rings. The predicted octanol–water partition coefficient (Wildman–Crippen LogP) is 2.47. The van der Waals surface area contributed by atoms with Crippen molar-refractivity contribution in [2.24, 2.45) is 5.92 Å². The summed E-state index contributed by atoms with van der Waals surface area (Å²) in [6.07, 6.45) is 0.833. The van der Waals surface area contributed by atoms with Gasteiger partial charge >= 0.3 is 6.03 Å². The van der Waals surface area contributed by atoms with Crippen molar-refractivity contribution in [2.75, 3.05) is 39.5 Å². The van der Waals surface area contributed by atoms with Gasteiger partial charge in [-0.05, 0) is 31.6 Å². The van der Waals surface area contributed by atoms with Gasteiger partial charge in [0.05, 0.1) is 6.54 Å². The van der Waals surface area contributed by atoms with Gasteiger partial charge in [0.15, 0.2) is 0 Å². The van der Waals surface area contributed by atoms with Crippen molar-refractivity contribution in [3.8, 4) is 0 Å². The number of fused-ring (bicyclic) bond motifs is 1. The fourth-order valence-corrected chi connectivity index (χ4v) is 3.05. The lowest BCUT2D eigenvalue weighted by Crippen LogP contribution is -2.53. The van der Waals surface area contributed by atoms with E-state index in [1.54, 1.807) is 16.8 Å². The average Bonchev–Trinajstić information content (AvgIpc) is 2.73. The minimum absolute atomic E-state index is 0.0838. The minimum atomic E-state index is -0.466. The van der Waals surface area contributed by atoms with Crippen LogP contribution in [0.15, 0.2) is 24.3 Å². The molecule has 1 aromatic rings. The molecule has 0 radical (unpaired) electrons. The Morgan fingerprint density at radius 2 is 1.96 bits per heavy atom. The number of amides is 3. The monoisotopic (exact) mass is 346 g/mol. The number of benzene rings is 1. The van der Waals surface area contributed by atoms with Gasteiger partial charge in [0.1, 0.15) is 6.04 Å². The van der Waals surface area contributed by atoms with Crippen LogP contribution in [0.3, 0.4) is 0 Å². The Kier molecular flexibility index (Phi) is 6.42. The second-order valence-electron chi connectivity index (χ2n) is 7.11. The first-order chi connectivity index (χ1) is 11.8. The molecule has 2 unspecified atom stereocenters. The van der Waals surface area contributed by atoms with Crippen LogP contribution in [0.25, 0.3) is 0 Å². The number of likely N-dealkylation sites (N-methyl/N-ethyl adjacent to an activating group) is 2. The molecule has 0 spiro atoms. The fraction of sp³-hybridized carbons (Fsp3) is 0.579. The van der Waals surface area contributed by atoms with E-state index in [0.29, 0.717) is 13.1 Å². The zero-order valence-electron chi connectivity index (χ0n) is 16.0. The summed E-state index contributed by atoms with van der Waals surface area (Å²) < 4.78 is 0. The highest BCUT2D eigenvalue weighted by Crippen LogP contribution is 2.27. The molecule has 0 aromatic heterocycles. The number of nitrogens with zero attached hydrogens (tertiary/aromatic N) is 3. The molecule has 2 rings (SSSR count). The van der Waals surface area contributed by atoms with Gasteiger partial charge in [-0.25, -0.2) is 4.79 Å². The highest BCUT2D eigenvalue weighted by molar-refractivity contribution is 5.98. The molecular weight excluding hydrogens is 316 g/mol. The van der Waals surface area contributed by atoms with E-state index >= 15 is 0 Å². The molecule has 1 aliphatic heterocycles. The Balaban J connectivity index is 2.31. The highest BCUT2D eigenvalue weighted by Gasteiger charge is 2.37. The van der Waals surface area contributed by atoms with Crippen LogP contribution in [0.4, 0.5) is 10.5 Å². The first kappa shape index (κ1) is 19.2. The molecule has 6 nitrogen and oxygen atoms in total. The van der Waals surface area contributed by atoms with Crippen molar-refractivity contribution < 1.29 is 9.59 Å². The molecule has 2 atom stereocenters. The van der Waals surface area contributed by atoms with E-state index in [1.807, 2.05) is 57.1 Å². The van der Waals surface area contributed by atoms with Gasteiger partial charge in [-0.3, -0.25) is 4.79 Å². The summed E-state index contributed by atoms with van der Waals surface area (Å²) in [5.74, 6) is -0.0193. The molecule has 0 saturated carbocycles. The second kappa shape index (κ2) is 8.34. The van der Waals surface area contributed by atoms with Gasteiger partial charge in [0.25, 0.3) is 0 Å². The predicted molar refractivity (Wildman–Crippen MR) is 100 cm³/mol. The van der Waals surface area contributed by atoms with Crippen LogP contribution in [0.2, 0.25) is 0 Å². The van der Waals surface area contributed by atoms with Crippen molar-refractivity contribution in [2.45, 2.75) is 32.9 Å². The Bertz CT molecular complexity index is 617.